The fraction of sp³-hybridized carbons (Fsp3) is 0.647. The van der Waals surface area contributed by atoms with Gasteiger partial charge in [0.25, 0.3) is 0 Å². The molecule has 0 spiro atoms. The summed E-state index contributed by atoms with van der Waals surface area (Å²) in [6, 6.07) is 8.47. The van der Waals surface area contributed by atoms with Crippen molar-refractivity contribution in [2.24, 2.45) is 5.92 Å². The van der Waals surface area contributed by atoms with Gasteiger partial charge in [0.15, 0.2) is 5.79 Å². The average Bonchev–Trinajstić information content (AvgIpc) is 2.53. The predicted molar refractivity (Wildman–Crippen MR) is 83.2 cm³/mol. The van der Waals surface area contributed by atoms with E-state index in [1.54, 1.807) is 14.2 Å². The molecule has 1 N–H and O–H groups in total. The highest BCUT2D eigenvalue weighted by atomic mass is 16.7. The Morgan fingerprint density at radius 3 is 2.76 bits per heavy atom. The topological polar surface area (TPSA) is 39.7 Å². The number of ether oxygens (including phenoxy) is 3. The monoisotopic (exact) mass is 293 g/mol. The molecule has 2 rings (SSSR count). The van der Waals surface area contributed by atoms with Gasteiger partial charge in [0.2, 0.25) is 0 Å². The number of methoxy groups -OCH3 is 2. The van der Waals surface area contributed by atoms with Crippen LogP contribution in [-0.2, 0) is 20.8 Å². The maximum Gasteiger partial charge on any atom is 0.174 e. The average molecular weight is 293 g/mol. The fourth-order valence-corrected chi connectivity index (χ4v) is 3.00. The molecule has 0 saturated carbocycles. The quantitative estimate of drug-likeness (QED) is 0.619. The number of hydrogen-bond donors (Lipinski definition) is 1. The van der Waals surface area contributed by atoms with Crippen molar-refractivity contribution in [1.82, 2.24) is 5.32 Å². The smallest absolute Gasteiger partial charge is 0.174 e. The fourth-order valence-electron chi connectivity index (χ4n) is 3.00. The largest absolute Gasteiger partial charge is 0.381 e. The molecule has 0 bridgehead atoms. The zero-order chi connectivity index (χ0) is 15.1. The van der Waals surface area contributed by atoms with Crippen molar-refractivity contribution in [3.05, 3.63) is 35.4 Å². The summed E-state index contributed by atoms with van der Waals surface area (Å²) in [4.78, 5) is 0. The summed E-state index contributed by atoms with van der Waals surface area (Å²) < 4.78 is 16.9. The first-order valence-corrected chi connectivity index (χ1v) is 7.65. The van der Waals surface area contributed by atoms with Gasteiger partial charge in [-0.3, -0.25) is 0 Å². The molecule has 1 fully saturated rings. The van der Waals surface area contributed by atoms with Crippen molar-refractivity contribution in [3.8, 4) is 0 Å². The molecule has 4 nitrogen and oxygen atoms in total. The van der Waals surface area contributed by atoms with Gasteiger partial charge in [-0.15, -0.1) is 0 Å². The van der Waals surface area contributed by atoms with Gasteiger partial charge in [-0.2, -0.15) is 0 Å². The Balaban J connectivity index is 1.80. The Morgan fingerprint density at radius 1 is 1.29 bits per heavy atom. The third-order valence-electron chi connectivity index (χ3n) is 4.47. The van der Waals surface area contributed by atoms with Crippen molar-refractivity contribution in [1.29, 1.82) is 0 Å². The lowest BCUT2D eigenvalue weighted by molar-refractivity contribution is -0.276. The van der Waals surface area contributed by atoms with Crippen molar-refractivity contribution in [3.63, 3.8) is 0 Å². The Kier molecular flexibility index (Phi) is 6.18. The first-order chi connectivity index (χ1) is 10.2. The van der Waals surface area contributed by atoms with E-state index in [0.717, 1.165) is 25.9 Å². The van der Waals surface area contributed by atoms with Gasteiger partial charge < -0.3 is 19.5 Å². The minimum atomic E-state index is -0.484. The van der Waals surface area contributed by atoms with E-state index in [4.69, 9.17) is 14.2 Å². The lowest BCUT2D eigenvalue weighted by Gasteiger charge is -2.41. The lowest BCUT2D eigenvalue weighted by Crippen LogP contribution is -2.49. The Morgan fingerprint density at radius 2 is 2.05 bits per heavy atom. The van der Waals surface area contributed by atoms with Crippen LogP contribution in [0.2, 0.25) is 0 Å². The SMILES string of the molecule is COC1(OC)CCOCC1CCNCc1ccccc1C. The molecule has 1 aliphatic heterocycles. The molecular formula is C17H27NO3. The summed E-state index contributed by atoms with van der Waals surface area (Å²) >= 11 is 0. The number of nitrogens with one attached hydrogen (secondary N) is 1. The van der Waals surface area contributed by atoms with Crippen LogP contribution in [0.5, 0.6) is 0 Å². The van der Waals surface area contributed by atoms with Crippen molar-refractivity contribution >= 4 is 0 Å². The van der Waals surface area contributed by atoms with Gasteiger partial charge in [0.05, 0.1) is 13.2 Å². The molecule has 1 unspecified atom stereocenters. The van der Waals surface area contributed by atoms with Gasteiger partial charge in [0.1, 0.15) is 0 Å². The van der Waals surface area contributed by atoms with E-state index in [2.05, 4.69) is 36.5 Å². The van der Waals surface area contributed by atoms with Crippen LogP contribution < -0.4 is 5.32 Å². The zero-order valence-corrected chi connectivity index (χ0v) is 13.4. The molecule has 1 heterocycles. The first-order valence-electron chi connectivity index (χ1n) is 7.65. The van der Waals surface area contributed by atoms with E-state index in [1.807, 2.05) is 0 Å². The molecule has 4 heteroatoms. The first kappa shape index (κ1) is 16.4. The number of rotatable bonds is 7. The predicted octanol–water partition coefficient (Wildman–Crippen LogP) is 2.50. The summed E-state index contributed by atoms with van der Waals surface area (Å²) in [7, 11) is 3.45. The van der Waals surface area contributed by atoms with E-state index in [1.165, 1.54) is 11.1 Å². The van der Waals surface area contributed by atoms with E-state index in [-0.39, 0.29) is 5.92 Å². The molecule has 1 atom stereocenters. The maximum absolute atomic E-state index is 5.65. The van der Waals surface area contributed by atoms with Crippen LogP contribution in [0.3, 0.4) is 0 Å². The van der Waals surface area contributed by atoms with Crippen LogP contribution in [-0.4, -0.2) is 39.8 Å². The highest BCUT2D eigenvalue weighted by Crippen LogP contribution is 2.32. The number of hydrogen-bond acceptors (Lipinski definition) is 4. The van der Waals surface area contributed by atoms with Gasteiger partial charge in [0, 0.05) is 33.1 Å². The Bertz CT molecular complexity index is 432. The molecule has 1 aromatic rings. The van der Waals surface area contributed by atoms with Crippen molar-refractivity contribution in [2.75, 3.05) is 34.0 Å². The molecule has 0 radical (unpaired) electrons. The molecule has 0 aromatic heterocycles. The number of aryl methyl sites for hydroxylation is 1. The van der Waals surface area contributed by atoms with Gasteiger partial charge in [-0.05, 0) is 31.0 Å². The lowest BCUT2D eigenvalue weighted by atomic mass is 9.91. The minimum absolute atomic E-state index is 0.269. The molecule has 0 amide bonds. The highest BCUT2D eigenvalue weighted by Gasteiger charge is 2.41. The zero-order valence-electron chi connectivity index (χ0n) is 13.4. The van der Waals surface area contributed by atoms with E-state index >= 15 is 0 Å². The summed E-state index contributed by atoms with van der Waals surface area (Å²) in [5.74, 6) is -0.214. The highest BCUT2D eigenvalue weighted by molar-refractivity contribution is 5.25. The van der Waals surface area contributed by atoms with E-state index in [0.29, 0.717) is 13.2 Å². The Hall–Kier alpha value is -0.940. The third kappa shape index (κ3) is 4.04. The second kappa shape index (κ2) is 7.90. The van der Waals surface area contributed by atoms with Crippen LogP contribution in [0.15, 0.2) is 24.3 Å². The van der Waals surface area contributed by atoms with Crippen LogP contribution in [0.4, 0.5) is 0 Å². The van der Waals surface area contributed by atoms with Crippen LogP contribution in [0, 0.1) is 12.8 Å². The van der Waals surface area contributed by atoms with Gasteiger partial charge >= 0.3 is 0 Å². The molecule has 1 saturated heterocycles. The van der Waals surface area contributed by atoms with Crippen LogP contribution >= 0.6 is 0 Å². The van der Waals surface area contributed by atoms with E-state index < -0.39 is 5.79 Å². The van der Waals surface area contributed by atoms with Gasteiger partial charge in [-0.1, -0.05) is 24.3 Å². The molecule has 1 aliphatic rings. The molecule has 0 aliphatic carbocycles. The van der Waals surface area contributed by atoms with Gasteiger partial charge in [-0.25, -0.2) is 0 Å². The second-order valence-corrected chi connectivity index (χ2v) is 5.63. The van der Waals surface area contributed by atoms with E-state index in [9.17, 15) is 0 Å². The summed E-state index contributed by atoms with van der Waals surface area (Å²) in [5.41, 5.74) is 2.68. The summed E-state index contributed by atoms with van der Waals surface area (Å²) in [5, 5.41) is 3.51. The maximum atomic E-state index is 5.65. The van der Waals surface area contributed by atoms with Crippen molar-refractivity contribution < 1.29 is 14.2 Å². The summed E-state index contributed by atoms with van der Waals surface area (Å²) in [6.45, 7) is 5.37. The van der Waals surface area contributed by atoms with Crippen LogP contribution in [0.25, 0.3) is 0 Å². The molecular weight excluding hydrogens is 266 g/mol. The third-order valence-corrected chi connectivity index (χ3v) is 4.47. The molecule has 21 heavy (non-hydrogen) atoms. The second-order valence-electron chi connectivity index (χ2n) is 5.63. The number of benzene rings is 1. The Labute approximate surface area is 127 Å². The van der Waals surface area contributed by atoms with Crippen molar-refractivity contribution in [2.45, 2.75) is 32.1 Å². The van der Waals surface area contributed by atoms with Crippen LogP contribution in [0.1, 0.15) is 24.0 Å². The minimum Gasteiger partial charge on any atom is -0.381 e. The summed E-state index contributed by atoms with van der Waals surface area (Å²) in [6.07, 6.45) is 1.77. The molecule has 118 valence electrons. The molecule has 1 aromatic carbocycles. The standard InChI is InChI=1S/C17H27NO3/c1-14-6-4-5-7-15(14)12-18-10-8-16-13-21-11-9-17(16,19-2)20-3/h4-7,16,18H,8-13H2,1-3H3. The normalized spacial score (nSPS) is 21.4.